The van der Waals surface area contributed by atoms with E-state index in [1.807, 2.05) is 0 Å². The average Bonchev–Trinajstić information content (AvgIpc) is 2.94. The number of aromatic nitrogens is 5. The van der Waals surface area contributed by atoms with E-state index in [1.54, 1.807) is 0 Å². The summed E-state index contributed by atoms with van der Waals surface area (Å²) in [5, 5.41) is 35.9. The molecule has 1 aliphatic rings. The summed E-state index contributed by atoms with van der Waals surface area (Å²) < 4.78 is 6.39. The monoisotopic (exact) mass is 269 g/mol. The van der Waals surface area contributed by atoms with Gasteiger partial charge in [0.25, 0.3) is 5.56 Å². The van der Waals surface area contributed by atoms with Gasteiger partial charge in [0.2, 0.25) is 0 Å². The highest BCUT2D eigenvalue weighted by atomic mass is 16.6. The minimum Gasteiger partial charge on any atom is -0.394 e. The minimum atomic E-state index is -1.30. The van der Waals surface area contributed by atoms with Gasteiger partial charge in [-0.15, -0.1) is 5.10 Å². The number of nitrogens with one attached hydrogen (secondary N) is 1. The fourth-order valence-corrected chi connectivity index (χ4v) is 2.03. The van der Waals surface area contributed by atoms with Gasteiger partial charge in [0.15, 0.2) is 17.4 Å². The van der Waals surface area contributed by atoms with Crippen LogP contribution < -0.4 is 5.56 Å². The Kier molecular flexibility index (Phi) is 2.78. The van der Waals surface area contributed by atoms with Gasteiger partial charge < -0.3 is 25.0 Å². The van der Waals surface area contributed by atoms with Crippen molar-refractivity contribution >= 4 is 11.2 Å². The molecule has 10 nitrogen and oxygen atoms in total. The number of aromatic amines is 1. The number of aliphatic hydroxyl groups excluding tert-OH is 3. The van der Waals surface area contributed by atoms with Gasteiger partial charge in [0, 0.05) is 0 Å². The van der Waals surface area contributed by atoms with Crippen LogP contribution in [0.25, 0.3) is 11.2 Å². The van der Waals surface area contributed by atoms with Crippen molar-refractivity contribution in [1.82, 2.24) is 25.0 Å². The van der Waals surface area contributed by atoms with Crippen molar-refractivity contribution < 1.29 is 20.1 Å². The van der Waals surface area contributed by atoms with Gasteiger partial charge >= 0.3 is 0 Å². The highest BCUT2D eigenvalue weighted by Gasteiger charge is 2.44. The van der Waals surface area contributed by atoms with E-state index in [1.165, 1.54) is 6.33 Å². The van der Waals surface area contributed by atoms with E-state index >= 15 is 0 Å². The lowest BCUT2D eigenvalue weighted by Gasteiger charge is -2.14. The summed E-state index contributed by atoms with van der Waals surface area (Å²) in [6.07, 6.45) is -3.38. The van der Waals surface area contributed by atoms with Crippen molar-refractivity contribution in [2.24, 2.45) is 0 Å². The molecule has 0 saturated carbocycles. The first-order valence-corrected chi connectivity index (χ1v) is 5.54. The Hall–Kier alpha value is -1.88. The fraction of sp³-hybridized carbons (Fsp3) is 0.556. The maximum absolute atomic E-state index is 11.5. The number of rotatable bonds is 2. The Labute approximate surface area is 105 Å². The van der Waals surface area contributed by atoms with Gasteiger partial charge in [0.05, 0.1) is 12.9 Å². The van der Waals surface area contributed by atoms with Crippen molar-refractivity contribution in [3.8, 4) is 0 Å². The Bertz CT molecular complexity index is 654. The lowest BCUT2D eigenvalue weighted by molar-refractivity contribution is -0.0574. The molecule has 0 amide bonds. The smallest absolute Gasteiger partial charge is 0.280 e. The van der Waals surface area contributed by atoms with Gasteiger partial charge in [-0.2, -0.15) is 4.68 Å². The normalized spacial score (nSPS) is 31.1. The van der Waals surface area contributed by atoms with Crippen LogP contribution in [-0.2, 0) is 4.74 Å². The number of hydrogen-bond donors (Lipinski definition) is 4. The molecule has 10 heteroatoms. The minimum absolute atomic E-state index is 0.000221. The first-order chi connectivity index (χ1) is 9.13. The van der Waals surface area contributed by atoms with Crippen molar-refractivity contribution in [3.05, 3.63) is 16.7 Å². The molecular weight excluding hydrogens is 258 g/mol. The number of ether oxygens (including phenoxy) is 1. The number of nitrogens with zero attached hydrogens (tertiary/aromatic N) is 4. The van der Waals surface area contributed by atoms with Crippen molar-refractivity contribution in [2.45, 2.75) is 24.5 Å². The number of H-pyrrole nitrogens is 1. The second kappa shape index (κ2) is 4.35. The van der Waals surface area contributed by atoms with E-state index in [4.69, 9.17) is 9.84 Å². The molecule has 3 rings (SSSR count). The zero-order chi connectivity index (χ0) is 13.6. The van der Waals surface area contributed by atoms with Crippen molar-refractivity contribution in [3.63, 3.8) is 0 Å². The lowest BCUT2D eigenvalue weighted by atomic mass is 10.1. The predicted octanol–water partition coefficient (Wildman–Crippen LogP) is -2.87. The molecule has 3 heterocycles. The Balaban J connectivity index is 2.06. The molecule has 4 atom stereocenters. The van der Waals surface area contributed by atoms with Crippen LogP contribution in [0.5, 0.6) is 0 Å². The molecule has 2 aromatic heterocycles. The van der Waals surface area contributed by atoms with Gasteiger partial charge in [-0.25, -0.2) is 4.98 Å². The first kappa shape index (κ1) is 12.2. The second-order valence-corrected chi connectivity index (χ2v) is 4.17. The molecular formula is C9H11N5O5. The maximum atomic E-state index is 11.5. The largest absolute Gasteiger partial charge is 0.394 e. The highest BCUT2D eigenvalue weighted by Crippen LogP contribution is 2.29. The molecule has 19 heavy (non-hydrogen) atoms. The summed E-state index contributed by atoms with van der Waals surface area (Å²) in [7, 11) is 0. The number of fused-ring (bicyclic) bond motifs is 1. The second-order valence-electron chi connectivity index (χ2n) is 4.17. The van der Waals surface area contributed by atoms with Gasteiger partial charge in [-0.3, -0.25) is 4.79 Å². The summed E-state index contributed by atoms with van der Waals surface area (Å²) in [4.78, 5) is 17.7. The molecule has 2 aromatic rings. The molecule has 0 aliphatic carbocycles. The Morgan fingerprint density at radius 2 is 2.21 bits per heavy atom. The van der Waals surface area contributed by atoms with Crippen LogP contribution in [-0.4, -0.2) is 65.2 Å². The molecule has 1 saturated heterocycles. The van der Waals surface area contributed by atoms with Gasteiger partial charge in [0.1, 0.15) is 18.3 Å². The van der Waals surface area contributed by atoms with Crippen molar-refractivity contribution in [2.75, 3.05) is 6.61 Å². The van der Waals surface area contributed by atoms with Crippen LogP contribution >= 0.6 is 0 Å². The molecule has 0 bridgehead atoms. The molecule has 1 fully saturated rings. The van der Waals surface area contributed by atoms with E-state index in [0.717, 1.165) is 4.68 Å². The SMILES string of the molecule is O=c1[nH]cnc2c1nnn2[C@@H]1O[C@H](CO)C(O)C1O. The van der Waals surface area contributed by atoms with Crippen LogP contribution in [0.2, 0.25) is 0 Å². The predicted molar refractivity (Wildman–Crippen MR) is 59.0 cm³/mol. The summed E-state index contributed by atoms with van der Waals surface area (Å²) >= 11 is 0. The van der Waals surface area contributed by atoms with Crippen LogP contribution in [0, 0.1) is 0 Å². The summed E-state index contributed by atoms with van der Waals surface area (Å²) in [5.41, 5.74) is -0.346. The van der Waals surface area contributed by atoms with Crippen LogP contribution in [0.4, 0.5) is 0 Å². The topological polar surface area (TPSA) is 146 Å². The third-order valence-electron chi connectivity index (χ3n) is 3.03. The van der Waals surface area contributed by atoms with E-state index < -0.39 is 36.7 Å². The van der Waals surface area contributed by atoms with E-state index in [0.29, 0.717) is 0 Å². The quantitative estimate of drug-likeness (QED) is 0.455. The van der Waals surface area contributed by atoms with E-state index in [-0.39, 0.29) is 11.2 Å². The summed E-state index contributed by atoms with van der Waals surface area (Å²) in [6, 6.07) is 0. The van der Waals surface area contributed by atoms with Crippen LogP contribution in [0.3, 0.4) is 0 Å². The van der Waals surface area contributed by atoms with Gasteiger partial charge in [-0.05, 0) is 0 Å². The van der Waals surface area contributed by atoms with Gasteiger partial charge in [-0.1, -0.05) is 5.21 Å². The van der Waals surface area contributed by atoms with Crippen LogP contribution in [0.15, 0.2) is 11.1 Å². The lowest BCUT2D eigenvalue weighted by Crippen LogP contribution is -2.33. The maximum Gasteiger partial charge on any atom is 0.280 e. The summed E-state index contributed by atoms with van der Waals surface area (Å²) in [6.45, 7) is -0.449. The average molecular weight is 269 g/mol. The van der Waals surface area contributed by atoms with Crippen molar-refractivity contribution in [1.29, 1.82) is 0 Å². The zero-order valence-electron chi connectivity index (χ0n) is 9.54. The molecule has 0 radical (unpaired) electrons. The Morgan fingerprint density at radius 1 is 1.42 bits per heavy atom. The number of aliphatic hydroxyl groups is 3. The molecule has 0 spiro atoms. The fourth-order valence-electron chi connectivity index (χ4n) is 2.03. The third kappa shape index (κ3) is 1.73. The van der Waals surface area contributed by atoms with E-state index in [2.05, 4.69) is 20.3 Å². The molecule has 0 aromatic carbocycles. The molecule has 2 unspecified atom stereocenters. The summed E-state index contributed by atoms with van der Waals surface area (Å²) in [5.74, 6) is 0. The number of hydrogen-bond acceptors (Lipinski definition) is 8. The molecule has 4 N–H and O–H groups in total. The zero-order valence-corrected chi connectivity index (χ0v) is 9.54. The Morgan fingerprint density at radius 3 is 2.89 bits per heavy atom. The molecule has 102 valence electrons. The van der Waals surface area contributed by atoms with Crippen LogP contribution in [0.1, 0.15) is 6.23 Å². The van der Waals surface area contributed by atoms with E-state index in [9.17, 15) is 15.0 Å². The first-order valence-electron chi connectivity index (χ1n) is 5.54. The highest BCUT2D eigenvalue weighted by molar-refractivity contribution is 5.67. The third-order valence-corrected chi connectivity index (χ3v) is 3.03. The molecule has 1 aliphatic heterocycles. The standard InChI is InChI=1S/C9H11N5O5/c15-1-3-5(16)6(17)9(19-3)14-7-4(12-13-14)8(18)11-2-10-7/h2-3,5-6,9,15-17H,1H2,(H,10,11,18)/t3-,5?,6?,9-/m1/s1.